The predicted octanol–water partition coefficient (Wildman–Crippen LogP) is 3.88. The molecule has 1 N–H and O–H groups in total. The third-order valence-corrected chi connectivity index (χ3v) is 6.50. The molecule has 0 radical (unpaired) electrons. The van der Waals surface area contributed by atoms with Crippen LogP contribution in [0.5, 0.6) is 0 Å². The van der Waals surface area contributed by atoms with E-state index in [9.17, 15) is 5.11 Å². The Morgan fingerprint density at radius 1 is 1.22 bits per heavy atom. The van der Waals surface area contributed by atoms with E-state index < -0.39 is 0 Å². The summed E-state index contributed by atoms with van der Waals surface area (Å²) in [6, 6.07) is 0. The van der Waals surface area contributed by atoms with Crippen LogP contribution < -0.4 is 0 Å². The number of hydrogen-bond donors (Lipinski definition) is 1. The molecule has 1 aromatic rings. The van der Waals surface area contributed by atoms with E-state index in [2.05, 4.69) is 48.9 Å². The van der Waals surface area contributed by atoms with Crippen LogP contribution in [0.4, 0.5) is 0 Å². The first kappa shape index (κ1) is 20.5. The monoisotopic (exact) mass is 375 g/mol. The van der Waals surface area contributed by atoms with Crippen molar-refractivity contribution in [2.75, 3.05) is 19.6 Å². The number of aliphatic hydroxyl groups excluding tert-OH is 1. The van der Waals surface area contributed by atoms with Gasteiger partial charge in [0.25, 0.3) is 0 Å². The fourth-order valence-corrected chi connectivity index (χ4v) is 4.78. The molecule has 0 saturated carbocycles. The van der Waals surface area contributed by atoms with Gasteiger partial charge >= 0.3 is 0 Å². The maximum Gasteiger partial charge on any atom is 0.217 e. The first-order valence-electron chi connectivity index (χ1n) is 10.9. The molecule has 1 fully saturated rings. The van der Waals surface area contributed by atoms with E-state index in [1.54, 1.807) is 0 Å². The summed E-state index contributed by atoms with van der Waals surface area (Å²) >= 11 is 0. The maximum atomic E-state index is 9.77. The van der Waals surface area contributed by atoms with Crippen LogP contribution in [-0.4, -0.2) is 45.9 Å². The van der Waals surface area contributed by atoms with Crippen LogP contribution in [0, 0.1) is 23.7 Å². The van der Waals surface area contributed by atoms with E-state index in [0.717, 1.165) is 63.5 Å². The number of piperidine rings is 1. The summed E-state index contributed by atoms with van der Waals surface area (Å²) in [5.74, 6) is 4.03. The highest BCUT2D eigenvalue weighted by atomic mass is 16.4. The van der Waals surface area contributed by atoms with Gasteiger partial charge < -0.3 is 14.4 Å². The number of aliphatic hydroxyl groups is 1. The third kappa shape index (κ3) is 5.41. The normalized spacial score (nSPS) is 27.9. The van der Waals surface area contributed by atoms with Gasteiger partial charge in [-0.2, -0.15) is 0 Å². The lowest BCUT2D eigenvalue weighted by molar-refractivity contribution is 0.0670. The van der Waals surface area contributed by atoms with Crippen molar-refractivity contribution in [2.24, 2.45) is 23.7 Å². The molecule has 3 rings (SSSR count). The number of rotatable bonds is 7. The second kappa shape index (κ2) is 9.33. The minimum atomic E-state index is -0.0952. The summed E-state index contributed by atoms with van der Waals surface area (Å²) in [6.07, 6.45) is 8.23. The summed E-state index contributed by atoms with van der Waals surface area (Å²) in [7, 11) is 0. The third-order valence-electron chi connectivity index (χ3n) is 6.50. The van der Waals surface area contributed by atoms with Gasteiger partial charge in [-0.15, -0.1) is 10.2 Å². The molecule has 1 saturated heterocycles. The Morgan fingerprint density at radius 2 is 1.93 bits per heavy atom. The lowest BCUT2D eigenvalue weighted by Gasteiger charge is -2.40. The van der Waals surface area contributed by atoms with Crippen molar-refractivity contribution in [1.82, 2.24) is 15.1 Å². The Bertz CT molecular complexity index is 617. The molecule has 0 amide bonds. The van der Waals surface area contributed by atoms with E-state index in [1.807, 2.05) is 0 Å². The average molecular weight is 376 g/mol. The lowest BCUT2D eigenvalue weighted by Crippen LogP contribution is -2.42. The highest BCUT2D eigenvalue weighted by molar-refractivity contribution is 5.14. The molecule has 152 valence electrons. The SMILES string of the molecule is CCCc1nnc(CC2CC(C(C)C)C(CN3CCC(O)CC3)C=C2C)o1. The van der Waals surface area contributed by atoms with Crippen LogP contribution >= 0.6 is 0 Å². The van der Waals surface area contributed by atoms with Crippen molar-refractivity contribution in [3.05, 3.63) is 23.4 Å². The molecule has 27 heavy (non-hydrogen) atoms. The number of hydrogen-bond acceptors (Lipinski definition) is 5. The zero-order valence-corrected chi connectivity index (χ0v) is 17.5. The highest BCUT2D eigenvalue weighted by Crippen LogP contribution is 2.39. The standard InChI is InChI=1S/C22H37N3O2/c1-5-6-21-23-24-22(27-21)13-17-12-20(15(2)3)18(11-16(17)4)14-25-9-7-19(26)8-10-25/h11,15,17-20,26H,5-10,12-14H2,1-4H3. The van der Waals surface area contributed by atoms with Crippen LogP contribution in [0.3, 0.4) is 0 Å². The van der Waals surface area contributed by atoms with E-state index >= 15 is 0 Å². The van der Waals surface area contributed by atoms with Crippen LogP contribution in [0.25, 0.3) is 0 Å². The number of allylic oxidation sites excluding steroid dienone is 1. The molecule has 0 bridgehead atoms. The topological polar surface area (TPSA) is 62.4 Å². The van der Waals surface area contributed by atoms with E-state index in [-0.39, 0.29) is 6.10 Å². The molecule has 3 atom stereocenters. The Balaban J connectivity index is 1.65. The van der Waals surface area contributed by atoms with E-state index in [4.69, 9.17) is 4.42 Å². The largest absolute Gasteiger partial charge is 0.425 e. The molecule has 5 nitrogen and oxygen atoms in total. The first-order chi connectivity index (χ1) is 13.0. The second-order valence-electron chi connectivity index (χ2n) is 8.99. The Kier molecular flexibility index (Phi) is 7.10. The number of likely N-dealkylation sites (tertiary alicyclic amines) is 1. The first-order valence-corrected chi connectivity index (χ1v) is 10.9. The van der Waals surface area contributed by atoms with Crippen LogP contribution in [0.15, 0.2) is 16.1 Å². The van der Waals surface area contributed by atoms with Gasteiger partial charge in [-0.05, 0) is 56.3 Å². The molecular weight excluding hydrogens is 338 g/mol. The fraction of sp³-hybridized carbons (Fsp3) is 0.818. The van der Waals surface area contributed by atoms with Gasteiger partial charge in [0.05, 0.1) is 6.10 Å². The molecule has 1 aliphatic heterocycles. The van der Waals surface area contributed by atoms with Crippen LogP contribution in [0.2, 0.25) is 0 Å². The van der Waals surface area contributed by atoms with Crippen molar-refractivity contribution >= 4 is 0 Å². The second-order valence-corrected chi connectivity index (χ2v) is 8.99. The number of aryl methyl sites for hydroxylation is 1. The highest BCUT2D eigenvalue weighted by Gasteiger charge is 2.34. The maximum absolute atomic E-state index is 9.77. The molecule has 1 aromatic heterocycles. The Labute approximate surface area is 164 Å². The van der Waals surface area contributed by atoms with Gasteiger partial charge in [-0.25, -0.2) is 0 Å². The van der Waals surface area contributed by atoms with E-state index in [0.29, 0.717) is 23.7 Å². The Morgan fingerprint density at radius 3 is 2.59 bits per heavy atom. The molecule has 2 aliphatic rings. The summed E-state index contributed by atoms with van der Waals surface area (Å²) in [5.41, 5.74) is 1.48. The van der Waals surface area contributed by atoms with Gasteiger partial charge in [0.1, 0.15) is 0 Å². The summed E-state index contributed by atoms with van der Waals surface area (Å²) in [5, 5.41) is 18.2. The minimum absolute atomic E-state index is 0.0952. The Hall–Kier alpha value is -1.20. The van der Waals surface area contributed by atoms with Crippen molar-refractivity contribution in [1.29, 1.82) is 0 Å². The molecule has 2 heterocycles. The van der Waals surface area contributed by atoms with Crippen LogP contribution in [0.1, 0.15) is 65.2 Å². The van der Waals surface area contributed by atoms with Gasteiger partial charge in [0.2, 0.25) is 11.8 Å². The van der Waals surface area contributed by atoms with Crippen LogP contribution in [-0.2, 0) is 12.8 Å². The molecular formula is C22H37N3O2. The summed E-state index contributed by atoms with van der Waals surface area (Å²) < 4.78 is 5.85. The molecule has 0 spiro atoms. The van der Waals surface area contributed by atoms with Crippen molar-refractivity contribution < 1.29 is 9.52 Å². The molecule has 5 heteroatoms. The lowest BCUT2D eigenvalue weighted by atomic mass is 9.69. The molecule has 0 aromatic carbocycles. The van der Waals surface area contributed by atoms with Gasteiger partial charge in [0, 0.05) is 32.5 Å². The van der Waals surface area contributed by atoms with Crippen molar-refractivity contribution in [3.8, 4) is 0 Å². The zero-order chi connectivity index (χ0) is 19.4. The van der Waals surface area contributed by atoms with Gasteiger partial charge in [0.15, 0.2) is 0 Å². The average Bonchev–Trinajstić information content (AvgIpc) is 3.06. The number of aromatic nitrogens is 2. The summed E-state index contributed by atoms with van der Waals surface area (Å²) in [4.78, 5) is 2.55. The minimum Gasteiger partial charge on any atom is -0.425 e. The fourth-order valence-electron chi connectivity index (χ4n) is 4.78. The molecule has 3 unspecified atom stereocenters. The van der Waals surface area contributed by atoms with Gasteiger partial charge in [-0.1, -0.05) is 32.4 Å². The van der Waals surface area contributed by atoms with E-state index in [1.165, 1.54) is 12.0 Å². The molecule has 1 aliphatic carbocycles. The quantitative estimate of drug-likeness (QED) is 0.733. The van der Waals surface area contributed by atoms with Crippen molar-refractivity contribution in [3.63, 3.8) is 0 Å². The van der Waals surface area contributed by atoms with Crippen molar-refractivity contribution in [2.45, 2.75) is 72.3 Å². The zero-order valence-electron chi connectivity index (χ0n) is 17.5. The number of nitrogens with zero attached hydrogens (tertiary/aromatic N) is 3. The smallest absolute Gasteiger partial charge is 0.217 e. The summed E-state index contributed by atoms with van der Waals surface area (Å²) in [6.45, 7) is 12.3. The van der Waals surface area contributed by atoms with Gasteiger partial charge in [-0.3, -0.25) is 0 Å². The predicted molar refractivity (Wildman–Crippen MR) is 107 cm³/mol.